The summed E-state index contributed by atoms with van der Waals surface area (Å²) >= 11 is 1.53. The minimum absolute atomic E-state index is 0.214. The Bertz CT molecular complexity index is 863. The van der Waals surface area contributed by atoms with Crippen LogP contribution in [0.15, 0.2) is 66.1 Å². The number of carbonyl (C=O) groups is 2. The molecule has 0 unspecified atom stereocenters. The standard InChI is InChI=1S/C19H14O3S/c20-18(13-22-19(21)10-9-17-6-3-11-23-17)16-8-7-14-4-1-2-5-15(14)12-16/h1-12H,13H2/b10-9+. The van der Waals surface area contributed by atoms with E-state index in [1.807, 2.05) is 53.9 Å². The van der Waals surface area contributed by atoms with Crippen molar-refractivity contribution in [3.05, 3.63) is 76.5 Å². The second kappa shape index (κ2) is 7.03. The largest absolute Gasteiger partial charge is 0.454 e. The summed E-state index contributed by atoms with van der Waals surface area (Å²) in [5.41, 5.74) is 0.540. The molecule has 0 aliphatic rings. The minimum Gasteiger partial charge on any atom is -0.454 e. The van der Waals surface area contributed by atoms with E-state index in [4.69, 9.17) is 4.74 Å². The van der Waals surface area contributed by atoms with Crippen molar-refractivity contribution in [2.24, 2.45) is 0 Å². The lowest BCUT2D eigenvalue weighted by atomic mass is 10.0. The molecule has 2 aromatic carbocycles. The predicted octanol–water partition coefficient (Wildman–Crippen LogP) is 4.34. The smallest absolute Gasteiger partial charge is 0.331 e. The molecule has 0 saturated heterocycles. The number of esters is 1. The quantitative estimate of drug-likeness (QED) is 0.399. The molecular formula is C19H14O3S. The van der Waals surface area contributed by atoms with Crippen molar-refractivity contribution < 1.29 is 14.3 Å². The van der Waals surface area contributed by atoms with Crippen LogP contribution in [0.3, 0.4) is 0 Å². The van der Waals surface area contributed by atoms with Crippen LogP contribution in [-0.2, 0) is 9.53 Å². The number of Topliss-reactive ketones (excluding diaryl/α,β-unsaturated/α-hetero) is 1. The van der Waals surface area contributed by atoms with Gasteiger partial charge in [0.2, 0.25) is 0 Å². The van der Waals surface area contributed by atoms with Gasteiger partial charge in [0, 0.05) is 16.5 Å². The Balaban J connectivity index is 1.60. The van der Waals surface area contributed by atoms with Crippen LogP contribution < -0.4 is 0 Å². The van der Waals surface area contributed by atoms with Crippen molar-refractivity contribution in [3.63, 3.8) is 0 Å². The third kappa shape index (κ3) is 3.93. The second-order valence-electron chi connectivity index (χ2n) is 4.94. The van der Waals surface area contributed by atoms with Crippen LogP contribution in [0.4, 0.5) is 0 Å². The highest BCUT2D eigenvalue weighted by Crippen LogP contribution is 2.16. The fourth-order valence-electron chi connectivity index (χ4n) is 2.17. The van der Waals surface area contributed by atoms with E-state index in [9.17, 15) is 9.59 Å². The predicted molar refractivity (Wildman–Crippen MR) is 92.6 cm³/mol. The normalized spacial score (nSPS) is 11.0. The molecule has 1 aromatic heterocycles. The van der Waals surface area contributed by atoms with Gasteiger partial charge in [-0.1, -0.05) is 42.5 Å². The monoisotopic (exact) mass is 322 g/mol. The highest BCUT2D eigenvalue weighted by atomic mass is 32.1. The molecule has 0 atom stereocenters. The third-order valence-corrected chi connectivity index (χ3v) is 4.18. The van der Waals surface area contributed by atoms with Crippen LogP contribution in [0.1, 0.15) is 15.2 Å². The Kier molecular flexibility index (Phi) is 4.64. The number of hydrogen-bond donors (Lipinski definition) is 0. The Morgan fingerprint density at radius 3 is 2.61 bits per heavy atom. The maximum atomic E-state index is 12.1. The number of thiophene rings is 1. The van der Waals surface area contributed by atoms with Gasteiger partial charge in [-0.2, -0.15) is 0 Å². The molecule has 0 fully saturated rings. The first kappa shape index (κ1) is 15.2. The molecule has 0 N–H and O–H groups in total. The van der Waals surface area contributed by atoms with Gasteiger partial charge in [0.15, 0.2) is 12.4 Å². The lowest BCUT2D eigenvalue weighted by Crippen LogP contribution is -2.12. The molecule has 0 amide bonds. The van der Waals surface area contributed by atoms with E-state index < -0.39 is 5.97 Å². The number of rotatable bonds is 5. The second-order valence-corrected chi connectivity index (χ2v) is 5.92. The van der Waals surface area contributed by atoms with Crippen molar-refractivity contribution in [2.75, 3.05) is 6.61 Å². The Labute approximate surface area is 137 Å². The van der Waals surface area contributed by atoms with Crippen LogP contribution >= 0.6 is 11.3 Å². The Morgan fingerprint density at radius 2 is 1.83 bits per heavy atom. The summed E-state index contributed by atoms with van der Waals surface area (Å²) in [5.74, 6) is -0.735. The zero-order chi connectivity index (χ0) is 16.1. The van der Waals surface area contributed by atoms with E-state index in [0.29, 0.717) is 5.56 Å². The average Bonchev–Trinajstić information content (AvgIpc) is 3.11. The molecule has 0 saturated carbocycles. The van der Waals surface area contributed by atoms with Gasteiger partial charge < -0.3 is 4.74 Å². The van der Waals surface area contributed by atoms with Gasteiger partial charge in [0.1, 0.15) is 0 Å². The summed E-state index contributed by atoms with van der Waals surface area (Å²) in [7, 11) is 0. The molecule has 0 spiro atoms. The Morgan fingerprint density at radius 1 is 1.00 bits per heavy atom. The number of hydrogen-bond acceptors (Lipinski definition) is 4. The number of fused-ring (bicyclic) bond motifs is 1. The third-order valence-electron chi connectivity index (χ3n) is 3.34. The van der Waals surface area contributed by atoms with E-state index >= 15 is 0 Å². The fraction of sp³-hybridized carbons (Fsp3) is 0.0526. The zero-order valence-electron chi connectivity index (χ0n) is 12.3. The van der Waals surface area contributed by atoms with Crippen molar-refractivity contribution in [3.8, 4) is 0 Å². The van der Waals surface area contributed by atoms with E-state index in [2.05, 4.69) is 0 Å². The van der Waals surface area contributed by atoms with Crippen LogP contribution in [0.2, 0.25) is 0 Å². The van der Waals surface area contributed by atoms with E-state index in [0.717, 1.165) is 15.6 Å². The molecule has 1 heterocycles. The van der Waals surface area contributed by atoms with Gasteiger partial charge in [-0.3, -0.25) is 4.79 Å². The Hall–Kier alpha value is -2.72. The van der Waals surface area contributed by atoms with E-state index in [-0.39, 0.29) is 12.4 Å². The van der Waals surface area contributed by atoms with Crippen molar-refractivity contribution in [2.45, 2.75) is 0 Å². The van der Waals surface area contributed by atoms with Gasteiger partial charge in [-0.05, 0) is 34.4 Å². The van der Waals surface area contributed by atoms with Crippen LogP contribution in [-0.4, -0.2) is 18.4 Å². The first-order valence-corrected chi connectivity index (χ1v) is 8.01. The minimum atomic E-state index is -0.521. The van der Waals surface area contributed by atoms with E-state index in [1.165, 1.54) is 17.4 Å². The molecule has 0 aliphatic carbocycles. The van der Waals surface area contributed by atoms with Crippen LogP contribution in [0.5, 0.6) is 0 Å². The molecule has 0 aliphatic heterocycles. The zero-order valence-corrected chi connectivity index (χ0v) is 13.1. The lowest BCUT2D eigenvalue weighted by Gasteiger charge is -2.04. The molecule has 3 nitrogen and oxygen atoms in total. The molecule has 0 radical (unpaired) electrons. The SMILES string of the molecule is O=C(/C=C/c1cccs1)OCC(=O)c1ccc2ccccc2c1. The first-order chi connectivity index (χ1) is 11.2. The maximum absolute atomic E-state index is 12.1. The molecule has 3 aromatic rings. The molecule has 3 rings (SSSR count). The molecule has 23 heavy (non-hydrogen) atoms. The maximum Gasteiger partial charge on any atom is 0.331 e. The lowest BCUT2D eigenvalue weighted by molar-refractivity contribution is -0.136. The molecule has 114 valence electrons. The van der Waals surface area contributed by atoms with Crippen LogP contribution in [0.25, 0.3) is 16.8 Å². The highest BCUT2D eigenvalue weighted by molar-refractivity contribution is 7.10. The number of ketones is 1. The number of benzene rings is 2. The number of carbonyl (C=O) groups excluding carboxylic acids is 2. The number of ether oxygens (including phenoxy) is 1. The molecule has 0 bridgehead atoms. The first-order valence-electron chi connectivity index (χ1n) is 7.13. The van der Waals surface area contributed by atoms with Gasteiger partial charge in [0.05, 0.1) is 0 Å². The molecular weight excluding hydrogens is 308 g/mol. The molecule has 4 heteroatoms. The van der Waals surface area contributed by atoms with Gasteiger partial charge in [0.25, 0.3) is 0 Å². The van der Waals surface area contributed by atoms with Gasteiger partial charge in [-0.15, -0.1) is 11.3 Å². The highest BCUT2D eigenvalue weighted by Gasteiger charge is 2.09. The summed E-state index contributed by atoms with van der Waals surface area (Å²) in [4.78, 5) is 24.7. The average molecular weight is 322 g/mol. The topological polar surface area (TPSA) is 43.4 Å². The van der Waals surface area contributed by atoms with Crippen molar-refractivity contribution in [1.82, 2.24) is 0 Å². The van der Waals surface area contributed by atoms with Crippen molar-refractivity contribution >= 4 is 39.9 Å². The van der Waals surface area contributed by atoms with Gasteiger partial charge in [-0.25, -0.2) is 4.79 Å². The summed E-state index contributed by atoms with van der Waals surface area (Å²) in [6.45, 7) is -0.258. The summed E-state index contributed by atoms with van der Waals surface area (Å²) < 4.78 is 5.00. The van der Waals surface area contributed by atoms with Gasteiger partial charge >= 0.3 is 5.97 Å². The summed E-state index contributed by atoms with van der Waals surface area (Å²) in [5, 5.41) is 3.98. The van der Waals surface area contributed by atoms with E-state index in [1.54, 1.807) is 12.1 Å². The van der Waals surface area contributed by atoms with Crippen molar-refractivity contribution in [1.29, 1.82) is 0 Å². The van der Waals surface area contributed by atoms with Crippen LogP contribution in [0, 0.1) is 0 Å². The summed E-state index contributed by atoms with van der Waals surface area (Å²) in [6.07, 6.45) is 3.01. The fourth-order valence-corrected chi connectivity index (χ4v) is 2.79. The summed E-state index contributed by atoms with van der Waals surface area (Å²) in [6, 6.07) is 17.1.